The highest BCUT2D eigenvalue weighted by atomic mass is 16.5. The zero-order valence-corrected chi connectivity index (χ0v) is 19.1. The van der Waals surface area contributed by atoms with Gasteiger partial charge in [0.25, 0.3) is 11.7 Å². The van der Waals surface area contributed by atoms with E-state index in [0.717, 1.165) is 0 Å². The fourth-order valence-corrected chi connectivity index (χ4v) is 3.99. The van der Waals surface area contributed by atoms with E-state index in [9.17, 15) is 19.8 Å². The van der Waals surface area contributed by atoms with Crippen LogP contribution in [0.5, 0.6) is 17.2 Å². The number of hydrogen-bond acceptors (Lipinski definition) is 6. The third-order valence-corrected chi connectivity index (χ3v) is 5.49. The Labute approximate surface area is 197 Å². The number of aliphatic hydroxyl groups excluding tert-OH is 1. The van der Waals surface area contributed by atoms with Crippen molar-refractivity contribution in [2.24, 2.45) is 0 Å². The molecule has 3 aromatic rings. The first kappa shape index (κ1) is 22.9. The molecular formula is C27H25NO6. The van der Waals surface area contributed by atoms with Crippen LogP contribution in [0, 0.1) is 0 Å². The van der Waals surface area contributed by atoms with E-state index in [1.165, 1.54) is 18.1 Å². The van der Waals surface area contributed by atoms with E-state index in [2.05, 4.69) is 0 Å². The summed E-state index contributed by atoms with van der Waals surface area (Å²) in [5.41, 5.74) is 0.985. The van der Waals surface area contributed by atoms with Crippen LogP contribution in [-0.2, 0) is 9.59 Å². The van der Waals surface area contributed by atoms with Gasteiger partial charge in [-0.1, -0.05) is 24.3 Å². The Bertz CT molecular complexity index is 1260. The van der Waals surface area contributed by atoms with Crippen LogP contribution < -0.4 is 14.4 Å². The molecule has 0 bridgehead atoms. The van der Waals surface area contributed by atoms with Crippen molar-refractivity contribution in [1.29, 1.82) is 0 Å². The van der Waals surface area contributed by atoms with Crippen LogP contribution in [0.2, 0.25) is 0 Å². The zero-order chi connectivity index (χ0) is 24.4. The number of anilines is 1. The molecule has 1 saturated heterocycles. The molecule has 1 heterocycles. The van der Waals surface area contributed by atoms with Gasteiger partial charge in [-0.2, -0.15) is 0 Å². The van der Waals surface area contributed by atoms with Crippen LogP contribution in [0.15, 0.2) is 78.4 Å². The quantitative estimate of drug-likeness (QED) is 0.312. The number of rotatable bonds is 6. The van der Waals surface area contributed by atoms with Gasteiger partial charge in [-0.15, -0.1) is 0 Å². The number of nitrogens with zero attached hydrogens (tertiary/aromatic N) is 1. The van der Waals surface area contributed by atoms with E-state index >= 15 is 0 Å². The SMILES string of the molecule is COc1cccc(C2/C(=C(/O)c3ccc(OC(C)C)cc3)C(=O)C(=O)N2c2ccccc2O)c1. The molecule has 7 heteroatoms. The summed E-state index contributed by atoms with van der Waals surface area (Å²) >= 11 is 0. The van der Waals surface area contributed by atoms with Gasteiger partial charge in [0.15, 0.2) is 0 Å². The second-order valence-corrected chi connectivity index (χ2v) is 8.13. The van der Waals surface area contributed by atoms with E-state index < -0.39 is 17.7 Å². The van der Waals surface area contributed by atoms with E-state index in [-0.39, 0.29) is 28.9 Å². The van der Waals surface area contributed by atoms with Crippen molar-refractivity contribution in [3.05, 3.63) is 89.5 Å². The van der Waals surface area contributed by atoms with Crippen molar-refractivity contribution in [3.63, 3.8) is 0 Å². The molecule has 1 unspecified atom stereocenters. The minimum atomic E-state index is -0.977. The maximum absolute atomic E-state index is 13.2. The molecule has 3 aromatic carbocycles. The molecule has 4 rings (SSSR count). The number of Topliss-reactive ketones (excluding diaryl/α,β-unsaturated/α-hetero) is 1. The molecule has 0 aliphatic carbocycles. The number of carbonyl (C=O) groups is 2. The molecule has 174 valence electrons. The number of ketones is 1. The van der Waals surface area contributed by atoms with Crippen molar-refractivity contribution in [3.8, 4) is 17.2 Å². The number of phenolic OH excluding ortho intramolecular Hbond substituents is 1. The summed E-state index contributed by atoms with van der Waals surface area (Å²) in [4.78, 5) is 27.6. The molecular weight excluding hydrogens is 434 g/mol. The number of aromatic hydroxyl groups is 1. The van der Waals surface area contributed by atoms with Gasteiger partial charge in [-0.05, 0) is 67.9 Å². The van der Waals surface area contributed by atoms with Crippen LogP contribution in [-0.4, -0.2) is 35.1 Å². The molecule has 0 spiro atoms. The average Bonchev–Trinajstić information content (AvgIpc) is 3.09. The highest BCUT2D eigenvalue weighted by molar-refractivity contribution is 6.51. The Kier molecular flexibility index (Phi) is 6.27. The predicted octanol–water partition coefficient (Wildman–Crippen LogP) is 4.81. The summed E-state index contributed by atoms with van der Waals surface area (Å²) in [5, 5.41) is 21.7. The van der Waals surface area contributed by atoms with Crippen molar-refractivity contribution in [2.75, 3.05) is 12.0 Å². The third-order valence-electron chi connectivity index (χ3n) is 5.49. The summed E-state index contributed by atoms with van der Waals surface area (Å²) in [6, 6.07) is 18.8. The maximum Gasteiger partial charge on any atom is 0.300 e. The highest BCUT2D eigenvalue weighted by Gasteiger charge is 2.47. The van der Waals surface area contributed by atoms with E-state index in [1.54, 1.807) is 66.7 Å². The highest BCUT2D eigenvalue weighted by Crippen LogP contribution is 2.45. The summed E-state index contributed by atoms with van der Waals surface area (Å²) < 4.78 is 11.0. The van der Waals surface area contributed by atoms with Gasteiger partial charge in [-0.3, -0.25) is 14.5 Å². The zero-order valence-electron chi connectivity index (χ0n) is 19.1. The number of para-hydroxylation sites is 2. The second kappa shape index (κ2) is 9.31. The fraction of sp³-hybridized carbons (Fsp3) is 0.185. The monoisotopic (exact) mass is 459 g/mol. The summed E-state index contributed by atoms with van der Waals surface area (Å²) in [6.07, 6.45) is -0.0172. The van der Waals surface area contributed by atoms with Crippen molar-refractivity contribution < 1.29 is 29.3 Å². The topological polar surface area (TPSA) is 96.3 Å². The van der Waals surface area contributed by atoms with Gasteiger partial charge in [0.05, 0.1) is 30.5 Å². The van der Waals surface area contributed by atoms with E-state index in [1.807, 2.05) is 13.8 Å². The summed E-state index contributed by atoms with van der Waals surface area (Å²) in [7, 11) is 1.51. The third kappa shape index (κ3) is 4.20. The Morgan fingerprint density at radius 1 is 0.941 bits per heavy atom. The first-order valence-corrected chi connectivity index (χ1v) is 10.8. The summed E-state index contributed by atoms with van der Waals surface area (Å²) in [6.45, 7) is 3.81. The first-order chi connectivity index (χ1) is 16.3. The number of aliphatic hydroxyl groups is 1. The number of amides is 1. The number of phenols is 1. The number of carbonyl (C=O) groups excluding carboxylic acids is 2. The van der Waals surface area contributed by atoms with E-state index in [0.29, 0.717) is 22.6 Å². The Balaban J connectivity index is 1.89. The van der Waals surface area contributed by atoms with Crippen LogP contribution in [0.3, 0.4) is 0 Å². The van der Waals surface area contributed by atoms with Crippen LogP contribution in [0.1, 0.15) is 31.0 Å². The van der Waals surface area contributed by atoms with Gasteiger partial charge in [-0.25, -0.2) is 0 Å². The number of benzene rings is 3. The minimum Gasteiger partial charge on any atom is -0.507 e. The van der Waals surface area contributed by atoms with Gasteiger partial charge in [0.2, 0.25) is 0 Å². The van der Waals surface area contributed by atoms with E-state index in [4.69, 9.17) is 9.47 Å². The predicted molar refractivity (Wildman–Crippen MR) is 128 cm³/mol. The molecule has 0 aromatic heterocycles. The Morgan fingerprint density at radius 3 is 2.29 bits per heavy atom. The normalized spacial score (nSPS) is 17.3. The molecule has 7 nitrogen and oxygen atoms in total. The van der Waals surface area contributed by atoms with Crippen molar-refractivity contribution >= 4 is 23.1 Å². The molecule has 1 amide bonds. The van der Waals surface area contributed by atoms with Crippen molar-refractivity contribution in [1.82, 2.24) is 0 Å². The first-order valence-electron chi connectivity index (χ1n) is 10.8. The molecule has 1 fully saturated rings. The molecule has 1 aliphatic rings. The molecule has 34 heavy (non-hydrogen) atoms. The smallest absolute Gasteiger partial charge is 0.300 e. The largest absolute Gasteiger partial charge is 0.507 e. The fourth-order valence-electron chi connectivity index (χ4n) is 3.99. The second-order valence-electron chi connectivity index (χ2n) is 8.13. The van der Waals surface area contributed by atoms with Crippen LogP contribution >= 0.6 is 0 Å². The molecule has 1 atom stereocenters. The Hall–Kier alpha value is -4.26. The number of ether oxygens (including phenoxy) is 2. The van der Waals surface area contributed by atoms with Crippen molar-refractivity contribution in [2.45, 2.75) is 26.0 Å². The Morgan fingerprint density at radius 2 is 1.65 bits per heavy atom. The average molecular weight is 459 g/mol. The lowest BCUT2D eigenvalue weighted by Gasteiger charge is -2.26. The number of hydrogen-bond donors (Lipinski definition) is 2. The van der Waals surface area contributed by atoms with Crippen LogP contribution in [0.25, 0.3) is 5.76 Å². The molecule has 1 aliphatic heterocycles. The molecule has 0 radical (unpaired) electrons. The van der Waals surface area contributed by atoms with Gasteiger partial charge < -0.3 is 19.7 Å². The molecule has 2 N–H and O–H groups in total. The lowest BCUT2D eigenvalue weighted by Crippen LogP contribution is -2.29. The molecule has 0 saturated carbocycles. The lowest BCUT2D eigenvalue weighted by molar-refractivity contribution is -0.132. The number of methoxy groups -OCH3 is 1. The lowest BCUT2D eigenvalue weighted by atomic mass is 9.95. The standard InChI is InChI=1S/C27H25NO6/c1-16(2)34-19-13-11-17(12-14-19)25(30)23-24(18-7-6-8-20(15-18)33-3)28(27(32)26(23)31)21-9-4-5-10-22(21)29/h4-16,24,29-30H,1-3H3/b25-23-. The summed E-state index contributed by atoms with van der Waals surface area (Å²) in [5.74, 6) is -1.04. The minimum absolute atomic E-state index is 0.0172. The maximum atomic E-state index is 13.2. The van der Waals surface area contributed by atoms with Gasteiger partial charge in [0.1, 0.15) is 23.0 Å². The van der Waals surface area contributed by atoms with Gasteiger partial charge in [0, 0.05) is 5.56 Å². The van der Waals surface area contributed by atoms with Gasteiger partial charge >= 0.3 is 0 Å². The van der Waals surface area contributed by atoms with Crippen LogP contribution in [0.4, 0.5) is 5.69 Å².